The second-order valence-corrected chi connectivity index (χ2v) is 6.77. The average Bonchev–Trinajstić information content (AvgIpc) is 2.39. The molecule has 0 aliphatic rings. The van der Waals surface area contributed by atoms with Crippen LogP contribution < -0.4 is 18.9 Å². The van der Waals surface area contributed by atoms with E-state index in [1.54, 1.807) is 0 Å². The van der Waals surface area contributed by atoms with E-state index in [0.29, 0.717) is 0 Å². The van der Waals surface area contributed by atoms with Crippen molar-refractivity contribution in [3.8, 4) is 0 Å². The summed E-state index contributed by atoms with van der Waals surface area (Å²) in [5.41, 5.74) is 0. The molecule has 0 unspecified atom stereocenters. The number of unbranched alkanes of at least 4 members (excludes halogenated alkanes) is 3. The predicted octanol–water partition coefficient (Wildman–Crippen LogP) is 1.94. The molecule has 0 aliphatic heterocycles. The van der Waals surface area contributed by atoms with E-state index >= 15 is 0 Å². The monoisotopic (exact) mass is 440 g/mol. The molecule has 27 heavy (non-hydrogen) atoms. The summed E-state index contributed by atoms with van der Waals surface area (Å²) in [6.45, 7) is 0. The van der Waals surface area contributed by atoms with Gasteiger partial charge in [0.25, 0.3) is 0 Å². The maximum absolute atomic E-state index is 13.3. The van der Waals surface area contributed by atoms with Crippen LogP contribution in [0.1, 0.15) is 38.5 Å². The molecular formula is C11H12F11LiO3S. The fourth-order valence-electron chi connectivity index (χ4n) is 1.75. The number of hydrogen-bond acceptors (Lipinski definition) is 3. The Labute approximate surface area is 158 Å². The summed E-state index contributed by atoms with van der Waals surface area (Å²) in [5.74, 6) is -20.0. The molecule has 0 saturated carbocycles. The predicted molar refractivity (Wildman–Crippen MR) is 63.2 cm³/mol. The second kappa shape index (κ2) is 9.04. The van der Waals surface area contributed by atoms with Gasteiger partial charge in [-0.2, -0.15) is 48.3 Å². The van der Waals surface area contributed by atoms with E-state index in [9.17, 15) is 61.3 Å². The molecule has 0 heterocycles. The van der Waals surface area contributed by atoms with Crippen molar-refractivity contribution >= 4 is 10.1 Å². The molecule has 0 radical (unpaired) electrons. The van der Waals surface area contributed by atoms with Crippen LogP contribution in [0.15, 0.2) is 0 Å². The third-order valence-electron chi connectivity index (χ3n) is 3.23. The van der Waals surface area contributed by atoms with Crippen LogP contribution >= 0.6 is 0 Å². The molecule has 0 saturated heterocycles. The van der Waals surface area contributed by atoms with Gasteiger partial charge in [-0.25, -0.2) is 8.42 Å². The van der Waals surface area contributed by atoms with Crippen LogP contribution in [0.2, 0.25) is 0 Å². The Kier molecular flexibility index (Phi) is 9.69. The molecule has 0 aliphatic carbocycles. The Balaban J connectivity index is 0. The topological polar surface area (TPSA) is 57.2 Å². The van der Waals surface area contributed by atoms with E-state index in [1.165, 1.54) is 0 Å². The quantitative estimate of drug-likeness (QED) is 0.226. The molecule has 0 aromatic carbocycles. The standard InChI is InChI=1S/C11H13F11O3S.Li/c12-7(13,5-3-1-2-4-6-8(14,15)16)9(17,18)10(19,20)11(21,22)26(23,24)25;/h1-6H2,(H,23,24,25);/q;+1/p-1. The van der Waals surface area contributed by atoms with Crippen molar-refractivity contribution in [1.29, 1.82) is 0 Å². The van der Waals surface area contributed by atoms with E-state index in [1.807, 2.05) is 0 Å². The fourth-order valence-corrected chi connectivity index (χ4v) is 2.19. The van der Waals surface area contributed by atoms with Crippen molar-refractivity contribution in [3.63, 3.8) is 0 Å². The van der Waals surface area contributed by atoms with E-state index in [4.69, 9.17) is 0 Å². The Morgan fingerprint density at radius 2 is 1.00 bits per heavy atom. The molecule has 0 N–H and O–H groups in total. The SMILES string of the molecule is O=S(=O)([O-])C(F)(F)C(F)(F)C(F)(F)C(F)(F)CCCCCCC(F)(F)F.[Li+]. The van der Waals surface area contributed by atoms with E-state index in [2.05, 4.69) is 0 Å². The van der Waals surface area contributed by atoms with Crippen molar-refractivity contribution < 1.29 is 80.1 Å². The van der Waals surface area contributed by atoms with Gasteiger partial charge in [-0.05, 0) is 12.8 Å². The maximum atomic E-state index is 13.3. The van der Waals surface area contributed by atoms with E-state index in [-0.39, 0.29) is 25.3 Å². The van der Waals surface area contributed by atoms with Gasteiger partial charge in [0, 0.05) is 12.8 Å². The molecule has 0 atom stereocenters. The largest absolute Gasteiger partial charge is 1.00 e. The molecule has 3 nitrogen and oxygen atoms in total. The molecule has 0 amide bonds. The van der Waals surface area contributed by atoms with Gasteiger partial charge in [-0.1, -0.05) is 12.8 Å². The number of alkyl halides is 11. The van der Waals surface area contributed by atoms with Crippen LogP contribution in [0, 0.1) is 0 Å². The number of hydrogen-bond donors (Lipinski definition) is 0. The molecule has 0 spiro atoms. The first-order chi connectivity index (χ1) is 11.2. The molecular weight excluding hydrogens is 428 g/mol. The zero-order valence-electron chi connectivity index (χ0n) is 13.5. The molecule has 0 aromatic rings. The van der Waals surface area contributed by atoms with E-state index in [0.717, 1.165) is 0 Å². The minimum absolute atomic E-state index is 0. The smallest absolute Gasteiger partial charge is 0.743 e. The Bertz CT molecular complexity index is 575. The number of halogens is 11. The van der Waals surface area contributed by atoms with Gasteiger partial charge in [-0.3, -0.25) is 0 Å². The zero-order valence-corrected chi connectivity index (χ0v) is 14.3. The minimum Gasteiger partial charge on any atom is -0.743 e. The zero-order chi connectivity index (χ0) is 21.2. The molecule has 0 fully saturated rings. The Morgan fingerprint density at radius 3 is 1.33 bits per heavy atom. The third-order valence-corrected chi connectivity index (χ3v) is 4.12. The molecule has 16 heteroatoms. The summed E-state index contributed by atoms with van der Waals surface area (Å²) in [4.78, 5) is 0. The van der Waals surface area contributed by atoms with Crippen LogP contribution in [0.25, 0.3) is 0 Å². The minimum atomic E-state index is -7.40. The summed E-state index contributed by atoms with van der Waals surface area (Å²) in [6, 6.07) is 0. The van der Waals surface area contributed by atoms with Gasteiger partial charge < -0.3 is 4.55 Å². The molecule has 0 bridgehead atoms. The van der Waals surface area contributed by atoms with Gasteiger partial charge in [0.05, 0.1) is 0 Å². The first kappa shape index (κ1) is 28.9. The van der Waals surface area contributed by atoms with Crippen molar-refractivity contribution in [2.75, 3.05) is 0 Å². The second-order valence-electron chi connectivity index (χ2n) is 5.35. The van der Waals surface area contributed by atoms with Crippen molar-refractivity contribution in [2.24, 2.45) is 0 Å². The summed E-state index contributed by atoms with van der Waals surface area (Å²) < 4.78 is 170. The summed E-state index contributed by atoms with van der Waals surface area (Å²) >= 11 is 0. The van der Waals surface area contributed by atoms with Crippen LogP contribution in [0.4, 0.5) is 48.3 Å². The van der Waals surface area contributed by atoms with Crippen LogP contribution in [0.5, 0.6) is 0 Å². The molecule has 0 aromatic heterocycles. The average molecular weight is 440 g/mol. The van der Waals surface area contributed by atoms with Gasteiger partial charge in [0.2, 0.25) is 0 Å². The summed E-state index contributed by atoms with van der Waals surface area (Å²) in [7, 11) is -7.40. The van der Waals surface area contributed by atoms with Crippen LogP contribution in [0.3, 0.4) is 0 Å². The summed E-state index contributed by atoms with van der Waals surface area (Å²) in [5, 5.41) is -7.01. The molecule has 0 rings (SSSR count). The maximum Gasteiger partial charge on any atom is 1.00 e. The normalized spacial score (nSPS) is 14.8. The third kappa shape index (κ3) is 6.64. The van der Waals surface area contributed by atoms with Crippen molar-refractivity contribution in [1.82, 2.24) is 0 Å². The van der Waals surface area contributed by atoms with Gasteiger partial charge in [-0.15, -0.1) is 0 Å². The van der Waals surface area contributed by atoms with Crippen LogP contribution in [-0.4, -0.2) is 42.2 Å². The van der Waals surface area contributed by atoms with Gasteiger partial charge >= 0.3 is 48.1 Å². The Hall–Kier alpha value is -0.263. The first-order valence-corrected chi connectivity index (χ1v) is 8.15. The fraction of sp³-hybridized carbons (Fsp3) is 1.00. The van der Waals surface area contributed by atoms with Crippen molar-refractivity contribution in [3.05, 3.63) is 0 Å². The first-order valence-electron chi connectivity index (χ1n) is 6.74. The van der Waals surface area contributed by atoms with Crippen LogP contribution in [-0.2, 0) is 10.1 Å². The molecule has 158 valence electrons. The number of rotatable bonds is 10. The Morgan fingerprint density at radius 1 is 0.630 bits per heavy atom. The summed E-state index contributed by atoms with van der Waals surface area (Å²) in [6.07, 6.45) is -10.5. The van der Waals surface area contributed by atoms with E-state index < -0.39 is 71.4 Å². The van der Waals surface area contributed by atoms with Gasteiger partial charge in [0.1, 0.15) is 0 Å². The van der Waals surface area contributed by atoms with Gasteiger partial charge in [0.15, 0.2) is 10.1 Å². The van der Waals surface area contributed by atoms with Crippen molar-refractivity contribution in [2.45, 2.75) is 67.7 Å².